The van der Waals surface area contributed by atoms with E-state index in [1.54, 1.807) is 0 Å². The maximum absolute atomic E-state index is 10.9. The highest BCUT2D eigenvalue weighted by Crippen LogP contribution is 2.37. The van der Waals surface area contributed by atoms with Crippen molar-refractivity contribution in [2.24, 2.45) is 0 Å². The van der Waals surface area contributed by atoms with Crippen LogP contribution in [0.1, 0.15) is 38.2 Å². The summed E-state index contributed by atoms with van der Waals surface area (Å²) in [5.41, 5.74) is 0.685. The van der Waals surface area contributed by atoms with Crippen LogP contribution in [0.4, 0.5) is 0 Å². The lowest BCUT2D eigenvalue weighted by molar-refractivity contribution is -0.144. The van der Waals surface area contributed by atoms with E-state index in [9.17, 15) is 5.11 Å². The number of hydrogen-bond donors (Lipinski definition) is 1. The zero-order valence-corrected chi connectivity index (χ0v) is 13.3. The SMILES string of the molecule is CCC#CCC1(O)CC2COCC(C1)N2Cc1ccccc1. The van der Waals surface area contributed by atoms with E-state index in [0.717, 1.165) is 25.8 Å². The Morgan fingerprint density at radius 3 is 2.50 bits per heavy atom. The van der Waals surface area contributed by atoms with Crippen molar-refractivity contribution in [3.05, 3.63) is 35.9 Å². The fourth-order valence-electron chi connectivity index (χ4n) is 3.69. The molecule has 0 aliphatic carbocycles. The van der Waals surface area contributed by atoms with Crippen molar-refractivity contribution in [2.45, 2.75) is 56.8 Å². The predicted molar refractivity (Wildman–Crippen MR) is 87.2 cm³/mol. The van der Waals surface area contributed by atoms with E-state index in [0.29, 0.717) is 31.7 Å². The van der Waals surface area contributed by atoms with E-state index in [-0.39, 0.29) is 0 Å². The first-order chi connectivity index (χ1) is 10.7. The van der Waals surface area contributed by atoms with Crippen molar-refractivity contribution in [3.8, 4) is 11.8 Å². The molecule has 118 valence electrons. The smallest absolute Gasteiger partial charge is 0.0788 e. The average molecular weight is 299 g/mol. The summed E-state index contributed by atoms with van der Waals surface area (Å²) in [5.74, 6) is 6.22. The average Bonchev–Trinajstić information content (AvgIpc) is 2.50. The summed E-state index contributed by atoms with van der Waals surface area (Å²) in [6.45, 7) is 4.41. The highest BCUT2D eigenvalue weighted by Gasteiger charge is 2.45. The normalized spacial score (nSPS) is 31.4. The lowest BCUT2D eigenvalue weighted by Crippen LogP contribution is -2.61. The van der Waals surface area contributed by atoms with E-state index in [2.05, 4.69) is 47.1 Å². The number of nitrogens with zero attached hydrogens (tertiary/aromatic N) is 1. The van der Waals surface area contributed by atoms with Gasteiger partial charge in [0.2, 0.25) is 0 Å². The zero-order chi connectivity index (χ0) is 15.4. The van der Waals surface area contributed by atoms with Gasteiger partial charge in [-0.25, -0.2) is 0 Å². The van der Waals surface area contributed by atoms with Crippen molar-refractivity contribution in [3.63, 3.8) is 0 Å². The maximum atomic E-state index is 10.9. The van der Waals surface area contributed by atoms with E-state index >= 15 is 0 Å². The first kappa shape index (κ1) is 15.6. The maximum Gasteiger partial charge on any atom is 0.0788 e. The van der Waals surface area contributed by atoms with Crippen molar-refractivity contribution >= 4 is 0 Å². The van der Waals surface area contributed by atoms with Crippen molar-refractivity contribution < 1.29 is 9.84 Å². The highest BCUT2D eigenvalue weighted by molar-refractivity contribution is 5.16. The molecule has 0 aromatic heterocycles. The molecule has 2 saturated heterocycles. The molecular weight excluding hydrogens is 274 g/mol. The number of ether oxygens (including phenoxy) is 1. The summed E-state index contributed by atoms with van der Waals surface area (Å²) in [6.07, 6.45) is 2.96. The van der Waals surface area contributed by atoms with Gasteiger partial charge >= 0.3 is 0 Å². The molecule has 0 saturated carbocycles. The summed E-state index contributed by atoms with van der Waals surface area (Å²) in [5, 5.41) is 10.9. The standard InChI is InChI=1S/C19H25NO2/c1-2-3-7-10-19(21)11-17-14-22-15-18(12-19)20(17)13-16-8-5-4-6-9-16/h4-6,8-9,17-18,21H,2,10-15H2,1H3. The van der Waals surface area contributed by atoms with Crippen molar-refractivity contribution in [2.75, 3.05) is 13.2 Å². The number of morpholine rings is 1. The first-order valence-corrected chi connectivity index (χ1v) is 8.26. The van der Waals surface area contributed by atoms with Gasteiger partial charge in [-0.1, -0.05) is 37.3 Å². The molecule has 1 aromatic rings. The highest BCUT2D eigenvalue weighted by atomic mass is 16.5. The fraction of sp³-hybridized carbons (Fsp3) is 0.579. The third-order valence-electron chi connectivity index (χ3n) is 4.72. The van der Waals surface area contributed by atoms with Crippen LogP contribution in [0, 0.1) is 11.8 Å². The molecular formula is C19H25NO2. The second-order valence-corrected chi connectivity index (χ2v) is 6.52. The van der Waals surface area contributed by atoms with E-state index < -0.39 is 5.60 Å². The molecule has 22 heavy (non-hydrogen) atoms. The molecule has 2 atom stereocenters. The van der Waals surface area contributed by atoms with E-state index in [1.807, 2.05) is 6.92 Å². The molecule has 0 spiro atoms. The minimum Gasteiger partial charge on any atom is -0.389 e. The predicted octanol–water partition coefficient (Wildman–Crippen LogP) is 2.58. The van der Waals surface area contributed by atoms with Gasteiger partial charge in [-0.05, 0) is 18.4 Å². The second kappa shape index (κ2) is 6.83. The van der Waals surface area contributed by atoms with E-state index in [4.69, 9.17) is 4.74 Å². The quantitative estimate of drug-likeness (QED) is 0.871. The van der Waals surface area contributed by atoms with Crippen LogP contribution in [-0.2, 0) is 11.3 Å². The number of hydrogen-bond acceptors (Lipinski definition) is 3. The minimum absolute atomic E-state index is 0.293. The fourth-order valence-corrected chi connectivity index (χ4v) is 3.69. The largest absolute Gasteiger partial charge is 0.389 e. The van der Waals surface area contributed by atoms with Gasteiger partial charge in [0.05, 0.1) is 18.8 Å². The number of benzene rings is 1. The molecule has 3 heteroatoms. The summed E-state index contributed by atoms with van der Waals surface area (Å²) in [7, 11) is 0. The van der Waals surface area contributed by atoms with Gasteiger partial charge in [0.1, 0.15) is 0 Å². The number of rotatable bonds is 3. The molecule has 3 nitrogen and oxygen atoms in total. The Kier molecular flexibility index (Phi) is 4.83. The molecule has 2 heterocycles. The monoisotopic (exact) mass is 299 g/mol. The lowest BCUT2D eigenvalue weighted by atomic mass is 9.79. The van der Waals surface area contributed by atoms with Crippen LogP contribution < -0.4 is 0 Å². The van der Waals surface area contributed by atoms with Gasteiger partial charge in [0.15, 0.2) is 0 Å². The third-order valence-corrected chi connectivity index (χ3v) is 4.72. The molecule has 2 aliphatic rings. The molecule has 2 fully saturated rings. The topological polar surface area (TPSA) is 32.7 Å². The Bertz CT molecular complexity index is 532. The van der Waals surface area contributed by atoms with Gasteiger partial charge in [-0.2, -0.15) is 0 Å². The van der Waals surface area contributed by atoms with Gasteiger partial charge in [0.25, 0.3) is 0 Å². The van der Waals surface area contributed by atoms with Crippen molar-refractivity contribution in [1.29, 1.82) is 0 Å². The Hall–Kier alpha value is -1.34. The van der Waals surface area contributed by atoms with Gasteiger partial charge < -0.3 is 9.84 Å². The zero-order valence-electron chi connectivity index (χ0n) is 13.3. The Morgan fingerprint density at radius 1 is 1.18 bits per heavy atom. The number of aliphatic hydroxyl groups is 1. The Labute approximate surface area is 133 Å². The van der Waals surface area contributed by atoms with Crippen molar-refractivity contribution in [1.82, 2.24) is 4.90 Å². The Morgan fingerprint density at radius 2 is 1.86 bits per heavy atom. The van der Waals surface area contributed by atoms with Crippen LogP contribution in [0.3, 0.4) is 0 Å². The molecule has 2 unspecified atom stereocenters. The number of fused-ring (bicyclic) bond motifs is 2. The summed E-state index contributed by atoms with van der Waals surface area (Å²) < 4.78 is 5.73. The molecule has 3 rings (SSSR count). The molecule has 0 radical (unpaired) electrons. The first-order valence-electron chi connectivity index (χ1n) is 8.26. The van der Waals surface area contributed by atoms with Gasteiger partial charge in [0, 0.05) is 31.5 Å². The number of piperidine rings is 1. The van der Waals surface area contributed by atoms with Crippen LogP contribution >= 0.6 is 0 Å². The second-order valence-electron chi connectivity index (χ2n) is 6.52. The molecule has 2 aliphatic heterocycles. The Balaban J connectivity index is 1.71. The summed E-state index contributed by atoms with van der Waals surface area (Å²) >= 11 is 0. The van der Waals surface area contributed by atoms with Gasteiger partial charge in [-0.15, -0.1) is 11.8 Å². The van der Waals surface area contributed by atoms with Crippen LogP contribution in [0.25, 0.3) is 0 Å². The molecule has 0 amide bonds. The van der Waals surface area contributed by atoms with E-state index in [1.165, 1.54) is 5.56 Å². The molecule has 1 aromatic carbocycles. The lowest BCUT2D eigenvalue weighted by Gasteiger charge is -2.51. The summed E-state index contributed by atoms with van der Waals surface area (Å²) in [4.78, 5) is 2.51. The van der Waals surface area contributed by atoms with Crippen LogP contribution in [0.5, 0.6) is 0 Å². The molecule has 1 N–H and O–H groups in total. The summed E-state index contributed by atoms with van der Waals surface area (Å²) in [6, 6.07) is 11.1. The third kappa shape index (κ3) is 3.52. The van der Waals surface area contributed by atoms with Gasteiger partial charge in [-0.3, -0.25) is 4.90 Å². The van der Waals surface area contributed by atoms with Crippen LogP contribution in [0.15, 0.2) is 30.3 Å². The minimum atomic E-state index is -0.644. The van der Waals surface area contributed by atoms with Crippen LogP contribution in [-0.4, -0.2) is 40.9 Å². The molecule has 2 bridgehead atoms. The van der Waals surface area contributed by atoms with Crippen LogP contribution in [0.2, 0.25) is 0 Å².